The number of anilines is 2. The molecule has 0 fully saturated rings. The molecule has 0 spiro atoms. The first-order valence-corrected chi connectivity index (χ1v) is 5.26. The van der Waals surface area contributed by atoms with E-state index in [2.05, 4.69) is 24.1 Å². The molecule has 0 aliphatic carbocycles. The minimum Gasteiger partial charge on any atom is -0.394 e. The molecule has 0 saturated heterocycles. The number of pyridine rings is 1. The van der Waals surface area contributed by atoms with Gasteiger partial charge in [0.15, 0.2) is 0 Å². The molecule has 0 unspecified atom stereocenters. The second-order valence-electron chi connectivity index (χ2n) is 3.74. The Morgan fingerprint density at radius 3 is 2.60 bits per heavy atom. The van der Waals surface area contributed by atoms with Crippen molar-refractivity contribution in [1.29, 1.82) is 0 Å². The smallest absolute Gasteiger partial charge is 0.125 e. The van der Waals surface area contributed by atoms with Gasteiger partial charge in [-0.05, 0) is 18.9 Å². The van der Waals surface area contributed by atoms with Gasteiger partial charge in [-0.3, -0.25) is 0 Å². The summed E-state index contributed by atoms with van der Waals surface area (Å²) >= 11 is 0. The standard InChI is InChI=1S/C11H19N3O/c1-3-11(4-2,8-15)14-9-5-6-13-10(12)7-9/h5-7,15H,3-4,8H2,1-2H3,(H3,12,13,14). The van der Waals surface area contributed by atoms with Crippen molar-refractivity contribution in [2.24, 2.45) is 0 Å². The Hall–Kier alpha value is -1.29. The first-order valence-electron chi connectivity index (χ1n) is 5.26. The average Bonchev–Trinajstić information content (AvgIpc) is 2.26. The molecule has 1 aromatic rings. The van der Waals surface area contributed by atoms with Gasteiger partial charge in [-0.25, -0.2) is 4.98 Å². The Labute approximate surface area is 90.5 Å². The molecule has 1 heterocycles. The van der Waals surface area contributed by atoms with Crippen LogP contribution in [-0.4, -0.2) is 22.2 Å². The molecule has 0 atom stereocenters. The third-order valence-corrected chi connectivity index (χ3v) is 2.85. The average molecular weight is 209 g/mol. The third kappa shape index (κ3) is 2.83. The molecular weight excluding hydrogens is 190 g/mol. The van der Waals surface area contributed by atoms with E-state index in [1.54, 1.807) is 12.3 Å². The van der Waals surface area contributed by atoms with Gasteiger partial charge in [0.2, 0.25) is 0 Å². The van der Waals surface area contributed by atoms with Crippen LogP contribution in [0.4, 0.5) is 11.5 Å². The van der Waals surface area contributed by atoms with E-state index >= 15 is 0 Å². The molecule has 0 aromatic carbocycles. The predicted octanol–water partition coefficient (Wildman–Crippen LogP) is 1.63. The monoisotopic (exact) mass is 209 g/mol. The summed E-state index contributed by atoms with van der Waals surface area (Å²) in [5.41, 5.74) is 6.24. The minimum absolute atomic E-state index is 0.113. The normalized spacial score (nSPS) is 11.4. The highest BCUT2D eigenvalue weighted by molar-refractivity contribution is 5.51. The van der Waals surface area contributed by atoms with Gasteiger partial charge in [-0.1, -0.05) is 13.8 Å². The van der Waals surface area contributed by atoms with E-state index in [4.69, 9.17) is 5.73 Å². The van der Waals surface area contributed by atoms with Gasteiger partial charge in [0.05, 0.1) is 12.1 Å². The molecule has 0 amide bonds. The van der Waals surface area contributed by atoms with Crippen molar-refractivity contribution >= 4 is 11.5 Å². The summed E-state index contributed by atoms with van der Waals surface area (Å²) in [6, 6.07) is 3.63. The maximum absolute atomic E-state index is 9.40. The largest absolute Gasteiger partial charge is 0.394 e. The number of aliphatic hydroxyl groups is 1. The fourth-order valence-corrected chi connectivity index (χ4v) is 1.52. The van der Waals surface area contributed by atoms with E-state index < -0.39 is 0 Å². The molecule has 1 aromatic heterocycles. The Morgan fingerprint density at radius 2 is 2.13 bits per heavy atom. The van der Waals surface area contributed by atoms with Crippen molar-refractivity contribution in [3.8, 4) is 0 Å². The summed E-state index contributed by atoms with van der Waals surface area (Å²) in [7, 11) is 0. The van der Waals surface area contributed by atoms with Gasteiger partial charge < -0.3 is 16.2 Å². The van der Waals surface area contributed by atoms with E-state index in [0.717, 1.165) is 18.5 Å². The number of hydrogen-bond acceptors (Lipinski definition) is 4. The van der Waals surface area contributed by atoms with E-state index in [1.807, 2.05) is 6.07 Å². The lowest BCUT2D eigenvalue weighted by molar-refractivity contribution is 0.202. The minimum atomic E-state index is -0.256. The van der Waals surface area contributed by atoms with Gasteiger partial charge in [0, 0.05) is 18.0 Å². The number of rotatable bonds is 5. The molecule has 15 heavy (non-hydrogen) atoms. The SMILES string of the molecule is CCC(CC)(CO)Nc1ccnc(N)c1. The highest BCUT2D eigenvalue weighted by atomic mass is 16.3. The van der Waals surface area contributed by atoms with Crippen molar-refractivity contribution in [2.45, 2.75) is 32.2 Å². The van der Waals surface area contributed by atoms with Crippen LogP contribution in [0, 0.1) is 0 Å². The van der Waals surface area contributed by atoms with Gasteiger partial charge in [-0.2, -0.15) is 0 Å². The zero-order chi connectivity index (χ0) is 11.3. The van der Waals surface area contributed by atoms with Crippen LogP contribution in [0.5, 0.6) is 0 Å². The maximum atomic E-state index is 9.40. The van der Waals surface area contributed by atoms with E-state index in [1.165, 1.54) is 0 Å². The lowest BCUT2D eigenvalue weighted by atomic mass is 9.93. The van der Waals surface area contributed by atoms with Gasteiger partial charge in [-0.15, -0.1) is 0 Å². The van der Waals surface area contributed by atoms with Crippen molar-refractivity contribution < 1.29 is 5.11 Å². The van der Waals surface area contributed by atoms with Crippen LogP contribution in [0.1, 0.15) is 26.7 Å². The van der Waals surface area contributed by atoms with Crippen molar-refractivity contribution in [3.05, 3.63) is 18.3 Å². The summed E-state index contributed by atoms with van der Waals surface area (Å²) in [5, 5.41) is 12.7. The van der Waals surface area contributed by atoms with Crippen LogP contribution in [0.2, 0.25) is 0 Å². The summed E-state index contributed by atoms with van der Waals surface area (Å²) in [5.74, 6) is 0.485. The van der Waals surface area contributed by atoms with Crippen LogP contribution in [-0.2, 0) is 0 Å². The molecule has 0 aliphatic rings. The molecule has 84 valence electrons. The predicted molar refractivity (Wildman–Crippen MR) is 62.7 cm³/mol. The molecular formula is C11H19N3O. The quantitative estimate of drug-likeness (QED) is 0.689. The molecule has 0 bridgehead atoms. The van der Waals surface area contributed by atoms with Gasteiger partial charge >= 0.3 is 0 Å². The highest BCUT2D eigenvalue weighted by Gasteiger charge is 2.24. The Morgan fingerprint density at radius 1 is 1.47 bits per heavy atom. The van der Waals surface area contributed by atoms with Crippen LogP contribution in [0.15, 0.2) is 18.3 Å². The Kier molecular flexibility index (Phi) is 3.91. The van der Waals surface area contributed by atoms with Crippen molar-refractivity contribution in [1.82, 2.24) is 4.98 Å². The molecule has 4 heteroatoms. The summed E-state index contributed by atoms with van der Waals surface area (Å²) in [6.45, 7) is 4.22. The summed E-state index contributed by atoms with van der Waals surface area (Å²) in [4.78, 5) is 3.92. The van der Waals surface area contributed by atoms with E-state index in [-0.39, 0.29) is 12.1 Å². The lowest BCUT2D eigenvalue weighted by Crippen LogP contribution is -2.40. The fraction of sp³-hybridized carbons (Fsp3) is 0.545. The van der Waals surface area contributed by atoms with Crippen LogP contribution >= 0.6 is 0 Å². The molecule has 0 radical (unpaired) electrons. The first kappa shape index (κ1) is 11.8. The Balaban J connectivity index is 2.82. The molecule has 0 saturated carbocycles. The number of aromatic nitrogens is 1. The molecule has 1 rings (SSSR count). The lowest BCUT2D eigenvalue weighted by Gasteiger charge is -2.31. The van der Waals surface area contributed by atoms with Gasteiger partial charge in [0.25, 0.3) is 0 Å². The van der Waals surface area contributed by atoms with E-state index in [9.17, 15) is 5.11 Å². The topological polar surface area (TPSA) is 71.2 Å². The maximum Gasteiger partial charge on any atom is 0.125 e. The van der Waals surface area contributed by atoms with E-state index in [0.29, 0.717) is 5.82 Å². The number of nitrogens with two attached hydrogens (primary N) is 1. The Bertz CT molecular complexity index is 302. The van der Waals surface area contributed by atoms with Crippen molar-refractivity contribution in [3.63, 3.8) is 0 Å². The molecule has 0 aliphatic heterocycles. The van der Waals surface area contributed by atoms with Gasteiger partial charge in [0.1, 0.15) is 5.82 Å². The number of nitrogens with one attached hydrogen (secondary N) is 1. The van der Waals surface area contributed by atoms with Crippen LogP contribution in [0.25, 0.3) is 0 Å². The molecule has 4 N–H and O–H groups in total. The number of aliphatic hydroxyl groups excluding tert-OH is 1. The second-order valence-corrected chi connectivity index (χ2v) is 3.74. The molecule has 4 nitrogen and oxygen atoms in total. The third-order valence-electron chi connectivity index (χ3n) is 2.85. The number of nitrogen functional groups attached to an aromatic ring is 1. The zero-order valence-corrected chi connectivity index (χ0v) is 9.33. The highest BCUT2D eigenvalue weighted by Crippen LogP contribution is 2.22. The second kappa shape index (κ2) is 4.98. The zero-order valence-electron chi connectivity index (χ0n) is 9.33. The van der Waals surface area contributed by atoms with Crippen LogP contribution < -0.4 is 11.1 Å². The summed E-state index contributed by atoms with van der Waals surface area (Å²) in [6.07, 6.45) is 3.38. The van der Waals surface area contributed by atoms with Crippen LogP contribution in [0.3, 0.4) is 0 Å². The summed E-state index contributed by atoms with van der Waals surface area (Å²) < 4.78 is 0. The number of nitrogens with zero attached hydrogens (tertiary/aromatic N) is 1. The number of hydrogen-bond donors (Lipinski definition) is 3. The van der Waals surface area contributed by atoms with Crippen molar-refractivity contribution in [2.75, 3.05) is 17.7 Å². The fourth-order valence-electron chi connectivity index (χ4n) is 1.52. The first-order chi connectivity index (χ1) is 7.15.